The van der Waals surface area contributed by atoms with Gasteiger partial charge in [0.2, 0.25) is 0 Å². The summed E-state index contributed by atoms with van der Waals surface area (Å²) >= 11 is 0. The molecule has 0 unspecified atom stereocenters. The number of hydrogen-bond acceptors (Lipinski definition) is 4. The van der Waals surface area contributed by atoms with Gasteiger partial charge in [-0.3, -0.25) is 14.4 Å². The number of benzene rings is 3. The quantitative estimate of drug-likeness (QED) is 0.552. The number of nitrogens with one attached hydrogen (secondary N) is 1. The molecule has 0 radical (unpaired) electrons. The van der Waals surface area contributed by atoms with Gasteiger partial charge in [-0.1, -0.05) is 54.6 Å². The first-order valence-corrected chi connectivity index (χ1v) is 10.3. The van der Waals surface area contributed by atoms with Crippen LogP contribution in [0.1, 0.15) is 27.0 Å². The fraction of sp³-hybridized carbons (Fsp3) is 0.192. The van der Waals surface area contributed by atoms with Gasteiger partial charge < -0.3 is 15.0 Å². The molecule has 0 atom stereocenters. The molecule has 6 heteroatoms. The second kappa shape index (κ2) is 10.9. The Balaban J connectivity index is 1.56. The van der Waals surface area contributed by atoms with Crippen molar-refractivity contribution in [2.45, 2.75) is 20.4 Å². The zero-order valence-electron chi connectivity index (χ0n) is 18.2. The minimum Gasteiger partial charge on any atom is -0.454 e. The van der Waals surface area contributed by atoms with Crippen molar-refractivity contribution in [3.05, 3.63) is 101 Å². The minimum atomic E-state index is -0.678. The third kappa shape index (κ3) is 6.28. The molecule has 0 aliphatic rings. The van der Waals surface area contributed by atoms with E-state index in [0.29, 0.717) is 17.8 Å². The number of rotatable bonds is 8. The number of anilines is 1. The molecule has 6 nitrogen and oxygen atoms in total. The number of carbonyl (C=O) groups is 3. The maximum absolute atomic E-state index is 12.8. The third-order valence-corrected chi connectivity index (χ3v) is 5.07. The zero-order valence-corrected chi connectivity index (χ0v) is 18.2. The highest BCUT2D eigenvalue weighted by atomic mass is 16.5. The summed E-state index contributed by atoms with van der Waals surface area (Å²) in [7, 11) is 0. The molecule has 32 heavy (non-hydrogen) atoms. The van der Waals surface area contributed by atoms with Gasteiger partial charge in [-0.15, -0.1) is 0 Å². The summed E-state index contributed by atoms with van der Waals surface area (Å²) in [4.78, 5) is 38.8. The number of amides is 2. The van der Waals surface area contributed by atoms with E-state index in [4.69, 9.17) is 4.74 Å². The molecule has 0 spiro atoms. The lowest BCUT2D eigenvalue weighted by atomic mass is 10.1. The lowest BCUT2D eigenvalue weighted by molar-refractivity contribution is -0.146. The van der Waals surface area contributed by atoms with E-state index in [9.17, 15) is 14.4 Å². The van der Waals surface area contributed by atoms with E-state index >= 15 is 0 Å². The van der Waals surface area contributed by atoms with Crippen LogP contribution in [0.15, 0.2) is 78.9 Å². The number of carbonyl (C=O) groups excluding carboxylic acids is 3. The number of hydrogen-bond donors (Lipinski definition) is 1. The van der Waals surface area contributed by atoms with Crippen LogP contribution in [0.3, 0.4) is 0 Å². The van der Waals surface area contributed by atoms with Crippen LogP contribution in [0.4, 0.5) is 5.69 Å². The van der Waals surface area contributed by atoms with Crippen molar-refractivity contribution in [3.8, 4) is 0 Å². The van der Waals surface area contributed by atoms with Gasteiger partial charge in [0.05, 0.1) is 6.54 Å². The lowest BCUT2D eigenvalue weighted by Gasteiger charge is -2.23. The standard InChI is InChI=1S/C26H26N2O4/c1-19-13-14-22(15-20(19)2)26(31)27-16-25(30)32-18-24(29)28(23-11-7-4-8-12-23)17-21-9-5-3-6-10-21/h3-15H,16-18H2,1-2H3,(H,27,31). The van der Waals surface area contributed by atoms with Crippen molar-refractivity contribution in [2.75, 3.05) is 18.1 Å². The van der Waals surface area contributed by atoms with Crippen LogP contribution in [-0.4, -0.2) is 30.9 Å². The normalized spacial score (nSPS) is 10.3. The zero-order chi connectivity index (χ0) is 22.9. The second-order valence-electron chi connectivity index (χ2n) is 7.44. The Kier molecular flexibility index (Phi) is 7.75. The Labute approximate surface area is 187 Å². The van der Waals surface area contributed by atoms with Crippen molar-refractivity contribution < 1.29 is 19.1 Å². The first-order valence-electron chi connectivity index (χ1n) is 10.3. The smallest absolute Gasteiger partial charge is 0.325 e. The van der Waals surface area contributed by atoms with E-state index in [2.05, 4.69) is 5.32 Å². The molecule has 3 rings (SSSR count). The topological polar surface area (TPSA) is 75.7 Å². The lowest BCUT2D eigenvalue weighted by Crippen LogP contribution is -2.36. The van der Waals surface area contributed by atoms with Gasteiger partial charge in [0.15, 0.2) is 6.61 Å². The van der Waals surface area contributed by atoms with Crippen LogP contribution in [0.25, 0.3) is 0 Å². The average molecular weight is 431 g/mol. The van der Waals surface area contributed by atoms with Gasteiger partial charge in [-0.25, -0.2) is 0 Å². The Morgan fingerprint density at radius 2 is 1.50 bits per heavy atom. The maximum Gasteiger partial charge on any atom is 0.325 e. The molecule has 0 aliphatic carbocycles. The molecule has 2 amide bonds. The maximum atomic E-state index is 12.8. The predicted molar refractivity (Wildman–Crippen MR) is 123 cm³/mol. The molecular weight excluding hydrogens is 404 g/mol. The largest absolute Gasteiger partial charge is 0.454 e. The molecule has 0 heterocycles. The van der Waals surface area contributed by atoms with Crippen molar-refractivity contribution in [1.29, 1.82) is 0 Å². The molecule has 0 saturated carbocycles. The molecule has 1 N–H and O–H groups in total. The minimum absolute atomic E-state index is 0.316. The molecule has 0 bridgehead atoms. The van der Waals surface area contributed by atoms with Gasteiger partial charge in [0.25, 0.3) is 11.8 Å². The SMILES string of the molecule is Cc1ccc(C(=O)NCC(=O)OCC(=O)N(Cc2ccccc2)c2ccccc2)cc1C. The highest BCUT2D eigenvalue weighted by Crippen LogP contribution is 2.17. The fourth-order valence-electron chi connectivity index (χ4n) is 3.11. The van der Waals surface area contributed by atoms with E-state index in [-0.39, 0.29) is 18.4 Å². The molecule has 3 aromatic rings. The Morgan fingerprint density at radius 3 is 2.16 bits per heavy atom. The molecule has 0 fully saturated rings. The summed E-state index contributed by atoms with van der Waals surface area (Å²) in [5, 5.41) is 2.53. The highest BCUT2D eigenvalue weighted by molar-refractivity contribution is 5.97. The molecular formula is C26H26N2O4. The van der Waals surface area contributed by atoms with Gasteiger partial charge >= 0.3 is 5.97 Å². The molecule has 3 aromatic carbocycles. The van der Waals surface area contributed by atoms with Crippen molar-refractivity contribution >= 4 is 23.5 Å². The van der Waals surface area contributed by atoms with Crippen LogP contribution in [0.5, 0.6) is 0 Å². The molecule has 0 aromatic heterocycles. The molecule has 164 valence electrons. The molecule has 0 aliphatic heterocycles. The van der Waals surface area contributed by atoms with E-state index in [0.717, 1.165) is 16.7 Å². The summed E-state index contributed by atoms with van der Waals surface area (Å²) in [5.74, 6) is -1.40. The summed E-state index contributed by atoms with van der Waals surface area (Å²) in [6.45, 7) is 3.50. The van der Waals surface area contributed by atoms with Crippen LogP contribution >= 0.6 is 0 Å². The van der Waals surface area contributed by atoms with Gasteiger partial charge in [0, 0.05) is 11.3 Å². The van der Waals surface area contributed by atoms with Crippen LogP contribution in [0.2, 0.25) is 0 Å². The number of aryl methyl sites for hydroxylation is 2. The number of nitrogens with zero attached hydrogens (tertiary/aromatic N) is 1. The van der Waals surface area contributed by atoms with Crippen LogP contribution in [-0.2, 0) is 20.9 Å². The first kappa shape index (κ1) is 22.7. The summed E-state index contributed by atoms with van der Waals surface area (Å²) in [6.07, 6.45) is 0. The van der Waals surface area contributed by atoms with E-state index in [1.807, 2.05) is 80.6 Å². The average Bonchev–Trinajstić information content (AvgIpc) is 2.82. The third-order valence-electron chi connectivity index (χ3n) is 5.07. The summed E-state index contributed by atoms with van der Waals surface area (Å²) in [6, 6.07) is 24.1. The van der Waals surface area contributed by atoms with Crippen molar-refractivity contribution in [2.24, 2.45) is 0 Å². The van der Waals surface area contributed by atoms with E-state index < -0.39 is 12.6 Å². The highest BCUT2D eigenvalue weighted by Gasteiger charge is 2.18. The number of ether oxygens (including phenoxy) is 1. The first-order chi connectivity index (χ1) is 15.4. The number of esters is 1. The predicted octanol–water partition coefficient (Wildman–Crippen LogP) is 3.81. The van der Waals surface area contributed by atoms with Crippen LogP contribution in [0, 0.1) is 13.8 Å². The summed E-state index contributed by atoms with van der Waals surface area (Å²) in [5.41, 5.74) is 4.20. The summed E-state index contributed by atoms with van der Waals surface area (Å²) < 4.78 is 5.13. The number of para-hydroxylation sites is 1. The Bertz CT molecular complexity index is 1080. The van der Waals surface area contributed by atoms with E-state index in [1.165, 1.54) is 0 Å². The van der Waals surface area contributed by atoms with Crippen LogP contribution < -0.4 is 10.2 Å². The van der Waals surface area contributed by atoms with Crippen molar-refractivity contribution in [1.82, 2.24) is 5.32 Å². The van der Waals surface area contributed by atoms with Crippen molar-refractivity contribution in [3.63, 3.8) is 0 Å². The van der Waals surface area contributed by atoms with E-state index in [1.54, 1.807) is 17.0 Å². The Hall–Kier alpha value is -3.93. The fourth-order valence-corrected chi connectivity index (χ4v) is 3.11. The Morgan fingerprint density at radius 1 is 0.844 bits per heavy atom. The van der Waals surface area contributed by atoms with Gasteiger partial charge in [0.1, 0.15) is 6.54 Å². The van der Waals surface area contributed by atoms with Gasteiger partial charge in [-0.2, -0.15) is 0 Å². The molecule has 0 saturated heterocycles. The second-order valence-corrected chi connectivity index (χ2v) is 7.44. The van der Waals surface area contributed by atoms with Gasteiger partial charge in [-0.05, 0) is 54.8 Å². The monoisotopic (exact) mass is 430 g/mol.